The highest BCUT2D eigenvalue weighted by molar-refractivity contribution is 6.04. The molecular formula is C19H18N2O7. The smallest absolute Gasteiger partial charge is 0.302 e. The number of hydrogen-bond acceptors (Lipinski definition) is 7. The molecule has 0 unspecified atom stereocenters. The third-order valence-electron chi connectivity index (χ3n) is 3.64. The molecule has 146 valence electrons. The van der Waals surface area contributed by atoms with Crippen LogP contribution in [0.4, 0.5) is 0 Å². The topological polar surface area (TPSA) is 116 Å². The van der Waals surface area contributed by atoms with Crippen molar-refractivity contribution in [1.82, 2.24) is 10.6 Å². The van der Waals surface area contributed by atoms with E-state index in [1.165, 1.54) is 25.3 Å². The van der Waals surface area contributed by atoms with Gasteiger partial charge in [0.05, 0.1) is 12.8 Å². The van der Waals surface area contributed by atoms with Gasteiger partial charge in [-0.05, 0) is 35.9 Å². The fourth-order valence-corrected chi connectivity index (χ4v) is 2.37. The van der Waals surface area contributed by atoms with Gasteiger partial charge in [0, 0.05) is 6.92 Å². The van der Waals surface area contributed by atoms with Crippen LogP contribution in [0.5, 0.6) is 11.5 Å². The Bertz CT molecular complexity index is 903. The Hall–Kier alpha value is -3.75. The van der Waals surface area contributed by atoms with E-state index in [9.17, 15) is 14.4 Å². The first kappa shape index (κ1) is 19.0. The van der Waals surface area contributed by atoms with Gasteiger partial charge in [0.25, 0.3) is 11.8 Å². The van der Waals surface area contributed by atoms with Crippen LogP contribution in [0.25, 0.3) is 6.08 Å². The summed E-state index contributed by atoms with van der Waals surface area (Å²) in [7, 11) is 0. The number of esters is 1. The molecule has 2 N–H and O–H groups in total. The maximum atomic E-state index is 12.5. The Kier molecular flexibility index (Phi) is 5.95. The molecule has 0 saturated heterocycles. The normalized spacial score (nSPS) is 12.4. The van der Waals surface area contributed by atoms with Crippen LogP contribution in [0.15, 0.2) is 46.7 Å². The molecule has 1 aliphatic rings. The second kappa shape index (κ2) is 8.76. The first-order valence-electron chi connectivity index (χ1n) is 8.40. The molecule has 2 amide bonds. The third kappa shape index (κ3) is 4.91. The van der Waals surface area contributed by atoms with Gasteiger partial charge in [0.15, 0.2) is 17.3 Å². The van der Waals surface area contributed by atoms with Gasteiger partial charge in [-0.15, -0.1) is 0 Å². The number of benzene rings is 1. The quantitative estimate of drug-likeness (QED) is 0.420. The van der Waals surface area contributed by atoms with Crippen molar-refractivity contribution in [2.24, 2.45) is 0 Å². The van der Waals surface area contributed by atoms with E-state index in [1.54, 1.807) is 24.3 Å². The zero-order valence-corrected chi connectivity index (χ0v) is 15.0. The Morgan fingerprint density at radius 1 is 1.18 bits per heavy atom. The number of amides is 2. The highest BCUT2D eigenvalue weighted by Gasteiger charge is 2.18. The molecular weight excluding hydrogens is 368 g/mol. The molecule has 0 spiro atoms. The first-order valence-corrected chi connectivity index (χ1v) is 8.40. The van der Waals surface area contributed by atoms with Crippen molar-refractivity contribution in [3.8, 4) is 11.5 Å². The van der Waals surface area contributed by atoms with Gasteiger partial charge >= 0.3 is 5.97 Å². The predicted octanol–water partition coefficient (Wildman–Crippen LogP) is 1.46. The van der Waals surface area contributed by atoms with Crippen molar-refractivity contribution in [2.45, 2.75) is 6.92 Å². The molecule has 28 heavy (non-hydrogen) atoms. The molecule has 0 radical (unpaired) electrons. The molecule has 1 aromatic heterocycles. The van der Waals surface area contributed by atoms with Crippen LogP contribution in [0.1, 0.15) is 23.0 Å². The van der Waals surface area contributed by atoms with E-state index < -0.39 is 17.8 Å². The van der Waals surface area contributed by atoms with E-state index in [0.29, 0.717) is 17.1 Å². The summed E-state index contributed by atoms with van der Waals surface area (Å²) in [5.74, 6) is -0.373. The number of ether oxygens (including phenoxy) is 3. The first-order chi connectivity index (χ1) is 13.5. The number of fused-ring (bicyclic) bond motifs is 1. The molecule has 1 aromatic carbocycles. The van der Waals surface area contributed by atoms with E-state index >= 15 is 0 Å². The van der Waals surface area contributed by atoms with Crippen LogP contribution in [-0.4, -0.2) is 37.7 Å². The summed E-state index contributed by atoms with van der Waals surface area (Å²) in [5.41, 5.74) is 0.609. The monoisotopic (exact) mass is 386 g/mol. The van der Waals surface area contributed by atoms with Gasteiger partial charge in [-0.1, -0.05) is 6.07 Å². The molecule has 0 bridgehead atoms. The maximum absolute atomic E-state index is 12.5. The number of carbonyl (C=O) groups is 3. The standard InChI is InChI=1S/C19H18N2O7/c1-12(22)25-8-6-20-18(23)14(21-19(24)16-3-2-7-26-16)9-13-4-5-15-17(10-13)28-11-27-15/h2-5,7,9-10H,6,8,11H2,1H3,(H,20,23)(H,21,24). The Balaban J connectivity index is 1.76. The van der Waals surface area contributed by atoms with Gasteiger partial charge in [0.1, 0.15) is 12.3 Å². The van der Waals surface area contributed by atoms with E-state index in [4.69, 9.17) is 18.6 Å². The van der Waals surface area contributed by atoms with E-state index in [2.05, 4.69) is 10.6 Å². The van der Waals surface area contributed by atoms with E-state index in [0.717, 1.165) is 0 Å². The fourth-order valence-electron chi connectivity index (χ4n) is 2.37. The Labute approximate surface area is 160 Å². The van der Waals surface area contributed by atoms with Crippen molar-refractivity contribution in [2.75, 3.05) is 19.9 Å². The third-order valence-corrected chi connectivity index (χ3v) is 3.64. The van der Waals surface area contributed by atoms with Gasteiger partial charge < -0.3 is 29.3 Å². The molecule has 3 rings (SSSR count). The molecule has 2 heterocycles. The van der Waals surface area contributed by atoms with Crippen LogP contribution in [0, 0.1) is 0 Å². The number of nitrogens with one attached hydrogen (secondary N) is 2. The zero-order valence-electron chi connectivity index (χ0n) is 15.0. The summed E-state index contributed by atoms with van der Waals surface area (Å²) in [6, 6.07) is 8.16. The Morgan fingerprint density at radius 2 is 2.00 bits per heavy atom. The van der Waals surface area contributed by atoms with Crippen molar-refractivity contribution < 1.29 is 33.0 Å². The molecule has 9 heteroatoms. The second-order valence-electron chi connectivity index (χ2n) is 5.70. The van der Waals surface area contributed by atoms with Crippen LogP contribution >= 0.6 is 0 Å². The number of rotatable bonds is 7. The average Bonchev–Trinajstić information content (AvgIpc) is 3.35. The van der Waals surface area contributed by atoms with Gasteiger partial charge in [-0.2, -0.15) is 0 Å². The highest BCUT2D eigenvalue weighted by atomic mass is 16.7. The minimum Gasteiger partial charge on any atom is -0.464 e. The van der Waals surface area contributed by atoms with Crippen LogP contribution < -0.4 is 20.1 Å². The number of furan rings is 1. The van der Waals surface area contributed by atoms with Gasteiger partial charge in [-0.3, -0.25) is 14.4 Å². The summed E-state index contributed by atoms with van der Waals surface area (Å²) in [6.07, 6.45) is 2.85. The lowest BCUT2D eigenvalue weighted by molar-refractivity contribution is -0.141. The summed E-state index contributed by atoms with van der Waals surface area (Å²) in [4.78, 5) is 35.6. The van der Waals surface area contributed by atoms with Crippen LogP contribution in [-0.2, 0) is 14.3 Å². The average molecular weight is 386 g/mol. The lowest BCUT2D eigenvalue weighted by Gasteiger charge is -2.10. The number of carbonyl (C=O) groups excluding carboxylic acids is 3. The minimum absolute atomic E-state index is 0.0110. The van der Waals surface area contributed by atoms with Crippen LogP contribution in [0.2, 0.25) is 0 Å². The van der Waals surface area contributed by atoms with Crippen molar-refractivity contribution >= 4 is 23.9 Å². The summed E-state index contributed by atoms with van der Waals surface area (Å²) in [5, 5.41) is 5.10. The highest BCUT2D eigenvalue weighted by Crippen LogP contribution is 2.33. The van der Waals surface area contributed by atoms with Gasteiger partial charge in [0.2, 0.25) is 6.79 Å². The number of hydrogen-bond donors (Lipinski definition) is 2. The summed E-state index contributed by atoms with van der Waals surface area (Å²) >= 11 is 0. The molecule has 2 aromatic rings. The van der Waals surface area contributed by atoms with E-state index in [-0.39, 0.29) is 31.4 Å². The molecule has 0 aliphatic carbocycles. The lowest BCUT2D eigenvalue weighted by atomic mass is 10.1. The van der Waals surface area contributed by atoms with Crippen LogP contribution in [0.3, 0.4) is 0 Å². The molecule has 0 saturated carbocycles. The largest absolute Gasteiger partial charge is 0.464 e. The van der Waals surface area contributed by atoms with Crippen molar-refractivity contribution in [1.29, 1.82) is 0 Å². The summed E-state index contributed by atoms with van der Waals surface area (Å²) < 4.78 is 20.4. The summed E-state index contributed by atoms with van der Waals surface area (Å²) in [6.45, 7) is 1.51. The van der Waals surface area contributed by atoms with Gasteiger partial charge in [-0.25, -0.2) is 0 Å². The SMILES string of the molecule is CC(=O)OCCNC(=O)C(=Cc1ccc2c(c1)OCO2)NC(=O)c1ccco1. The zero-order chi connectivity index (χ0) is 19.9. The predicted molar refractivity (Wildman–Crippen MR) is 96.4 cm³/mol. The van der Waals surface area contributed by atoms with Crippen molar-refractivity contribution in [3.63, 3.8) is 0 Å². The van der Waals surface area contributed by atoms with E-state index in [1.807, 2.05) is 0 Å². The molecule has 9 nitrogen and oxygen atoms in total. The van der Waals surface area contributed by atoms with Crippen molar-refractivity contribution in [3.05, 3.63) is 53.6 Å². The lowest BCUT2D eigenvalue weighted by Crippen LogP contribution is -2.36. The second-order valence-corrected chi connectivity index (χ2v) is 5.70. The fraction of sp³-hybridized carbons (Fsp3) is 0.211. The molecule has 0 fully saturated rings. The Morgan fingerprint density at radius 3 is 2.75 bits per heavy atom. The maximum Gasteiger partial charge on any atom is 0.302 e. The molecule has 0 atom stereocenters. The minimum atomic E-state index is -0.577. The molecule has 1 aliphatic heterocycles.